The second kappa shape index (κ2) is 12.4. The van der Waals surface area contributed by atoms with Crippen molar-refractivity contribution >= 4 is 6.09 Å². The molecule has 0 bridgehead atoms. The largest absolute Gasteiger partial charge is 0.493 e. The summed E-state index contributed by atoms with van der Waals surface area (Å²) in [6.45, 7) is 10.9. The van der Waals surface area contributed by atoms with E-state index in [1.807, 2.05) is 89.2 Å². The Labute approximate surface area is 207 Å². The SMILES string of the molecule is CCOC(CCNC(=O)OC(C)(C)C)c1ccc(OCCc2nc(-c3ccccc3)oc2C)cc1. The Hall–Kier alpha value is -3.32. The Morgan fingerprint density at radius 3 is 2.46 bits per heavy atom. The van der Waals surface area contributed by atoms with Gasteiger partial charge in [0.2, 0.25) is 5.89 Å². The highest BCUT2D eigenvalue weighted by Crippen LogP contribution is 2.25. The van der Waals surface area contributed by atoms with Crippen molar-refractivity contribution in [3.05, 3.63) is 71.6 Å². The molecule has 0 aliphatic heterocycles. The van der Waals surface area contributed by atoms with E-state index in [1.54, 1.807) is 0 Å². The highest BCUT2D eigenvalue weighted by molar-refractivity contribution is 5.67. The Balaban J connectivity index is 1.49. The minimum atomic E-state index is -0.518. The molecule has 188 valence electrons. The molecule has 7 nitrogen and oxygen atoms in total. The second-order valence-electron chi connectivity index (χ2n) is 9.22. The number of hydrogen-bond acceptors (Lipinski definition) is 6. The van der Waals surface area contributed by atoms with Gasteiger partial charge in [-0.3, -0.25) is 0 Å². The zero-order chi connectivity index (χ0) is 25.3. The molecular weight excluding hydrogens is 444 g/mol. The molecule has 0 spiro atoms. The number of alkyl carbamates (subject to hydrolysis) is 1. The number of carbonyl (C=O) groups excluding carboxylic acids is 1. The molecule has 3 aromatic rings. The molecule has 0 saturated carbocycles. The van der Waals surface area contributed by atoms with Gasteiger partial charge in [-0.25, -0.2) is 9.78 Å². The summed E-state index contributed by atoms with van der Waals surface area (Å²) in [6, 6.07) is 17.7. The van der Waals surface area contributed by atoms with Crippen molar-refractivity contribution in [2.45, 2.75) is 59.2 Å². The summed E-state index contributed by atoms with van der Waals surface area (Å²) in [5, 5.41) is 2.79. The van der Waals surface area contributed by atoms with Gasteiger partial charge in [0.15, 0.2) is 0 Å². The number of nitrogens with zero attached hydrogens (tertiary/aromatic N) is 1. The first kappa shape index (κ1) is 26.3. The van der Waals surface area contributed by atoms with Crippen molar-refractivity contribution in [3.63, 3.8) is 0 Å². The number of benzene rings is 2. The molecule has 0 aliphatic rings. The fourth-order valence-electron chi connectivity index (χ4n) is 3.58. The van der Waals surface area contributed by atoms with E-state index in [2.05, 4.69) is 10.3 Å². The van der Waals surface area contributed by atoms with Crippen molar-refractivity contribution in [1.82, 2.24) is 10.3 Å². The molecule has 0 radical (unpaired) electrons. The summed E-state index contributed by atoms with van der Waals surface area (Å²) in [6.07, 6.45) is 0.748. The quantitative estimate of drug-likeness (QED) is 0.349. The average Bonchev–Trinajstić information content (AvgIpc) is 3.19. The van der Waals surface area contributed by atoms with Crippen molar-refractivity contribution in [3.8, 4) is 17.2 Å². The molecule has 35 heavy (non-hydrogen) atoms. The lowest BCUT2D eigenvalue weighted by Crippen LogP contribution is -2.33. The number of ether oxygens (including phenoxy) is 3. The van der Waals surface area contributed by atoms with Gasteiger partial charge in [0.1, 0.15) is 17.1 Å². The Bertz CT molecular complexity index is 1060. The average molecular weight is 481 g/mol. The topological polar surface area (TPSA) is 82.8 Å². The van der Waals surface area contributed by atoms with Gasteiger partial charge >= 0.3 is 6.09 Å². The first-order valence-corrected chi connectivity index (χ1v) is 12.1. The number of amides is 1. The van der Waals surface area contributed by atoms with E-state index < -0.39 is 11.7 Å². The molecule has 2 aromatic carbocycles. The minimum absolute atomic E-state index is 0.127. The number of nitrogens with one attached hydrogen (secondary N) is 1. The highest BCUT2D eigenvalue weighted by Gasteiger charge is 2.17. The number of carbonyl (C=O) groups is 1. The number of aromatic nitrogens is 1. The monoisotopic (exact) mass is 480 g/mol. The lowest BCUT2D eigenvalue weighted by Gasteiger charge is -2.21. The first-order valence-electron chi connectivity index (χ1n) is 12.1. The number of rotatable bonds is 11. The third-order valence-corrected chi connectivity index (χ3v) is 5.22. The van der Waals surface area contributed by atoms with Crippen LogP contribution in [-0.4, -0.2) is 36.4 Å². The smallest absolute Gasteiger partial charge is 0.407 e. The molecule has 0 aliphatic carbocycles. The van der Waals surface area contributed by atoms with Gasteiger partial charge < -0.3 is 23.9 Å². The van der Waals surface area contributed by atoms with E-state index >= 15 is 0 Å². The zero-order valence-corrected chi connectivity index (χ0v) is 21.3. The standard InChI is InChI=1S/C28H36N2O5/c1-6-32-25(16-18-29-27(31)35-28(3,4)5)21-12-14-23(15-13-21)33-19-17-24-20(2)34-26(30-24)22-10-8-7-9-11-22/h7-15,25H,6,16-19H2,1-5H3,(H,29,31). The maximum absolute atomic E-state index is 11.9. The number of oxazole rings is 1. The van der Waals surface area contributed by atoms with Gasteiger partial charge in [0, 0.05) is 25.1 Å². The first-order chi connectivity index (χ1) is 16.7. The number of aryl methyl sites for hydroxylation is 1. The molecule has 1 unspecified atom stereocenters. The van der Waals surface area contributed by atoms with Crippen LogP contribution < -0.4 is 10.1 Å². The Kier molecular flexibility index (Phi) is 9.32. The molecule has 0 fully saturated rings. The van der Waals surface area contributed by atoms with E-state index in [-0.39, 0.29) is 6.10 Å². The predicted molar refractivity (Wildman–Crippen MR) is 136 cm³/mol. The molecule has 1 N–H and O–H groups in total. The van der Waals surface area contributed by atoms with E-state index in [1.165, 1.54) is 0 Å². The molecule has 7 heteroatoms. The van der Waals surface area contributed by atoms with E-state index in [9.17, 15) is 4.79 Å². The summed E-state index contributed by atoms with van der Waals surface area (Å²) in [7, 11) is 0. The van der Waals surface area contributed by atoms with Crippen LogP contribution in [0.2, 0.25) is 0 Å². The summed E-state index contributed by atoms with van der Waals surface area (Å²) >= 11 is 0. The van der Waals surface area contributed by atoms with Gasteiger partial charge in [-0.2, -0.15) is 0 Å². The van der Waals surface area contributed by atoms with Gasteiger partial charge in [-0.1, -0.05) is 30.3 Å². The molecular formula is C28H36N2O5. The van der Waals surface area contributed by atoms with Gasteiger partial charge in [0.25, 0.3) is 0 Å². The molecule has 1 atom stereocenters. The Morgan fingerprint density at radius 2 is 1.80 bits per heavy atom. The lowest BCUT2D eigenvalue weighted by molar-refractivity contribution is 0.0448. The van der Waals surface area contributed by atoms with Gasteiger partial charge in [0.05, 0.1) is 18.4 Å². The second-order valence-corrected chi connectivity index (χ2v) is 9.22. The molecule has 0 saturated heterocycles. The van der Waals surface area contributed by atoms with E-state index in [4.69, 9.17) is 18.6 Å². The normalized spacial score (nSPS) is 12.3. The van der Waals surface area contributed by atoms with Crippen LogP contribution in [0.25, 0.3) is 11.5 Å². The van der Waals surface area contributed by atoms with Crippen molar-refractivity contribution in [2.24, 2.45) is 0 Å². The van der Waals surface area contributed by atoms with Crippen LogP contribution in [0.4, 0.5) is 4.79 Å². The maximum atomic E-state index is 11.9. The van der Waals surface area contributed by atoms with Crippen molar-refractivity contribution in [1.29, 1.82) is 0 Å². The van der Waals surface area contributed by atoms with E-state index in [0.29, 0.717) is 38.5 Å². The minimum Gasteiger partial charge on any atom is -0.493 e. The summed E-state index contributed by atoms with van der Waals surface area (Å²) in [5.74, 6) is 2.22. The fourth-order valence-corrected chi connectivity index (χ4v) is 3.58. The zero-order valence-electron chi connectivity index (χ0n) is 21.3. The summed E-state index contributed by atoms with van der Waals surface area (Å²) in [5.41, 5.74) is 2.37. The van der Waals surface area contributed by atoms with Crippen LogP contribution in [0, 0.1) is 6.92 Å². The number of hydrogen-bond donors (Lipinski definition) is 1. The van der Waals surface area contributed by atoms with Crippen LogP contribution in [-0.2, 0) is 15.9 Å². The van der Waals surface area contributed by atoms with Crippen LogP contribution in [0.15, 0.2) is 59.0 Å². The fraction of sp³-hybridized carbons (Fsp3) is 0.429. The van der Waals surface area contributed by atoms with Crippen molar-refractivity contribution < 1.29 is 23.4 Å². The predicted octanol–water partition coefficient (Wildman–Crippen LogP) is 6.26. The Morgan fingerprint density at radius 1 is 1.09 bits per heavy atom. The molecule has 3 rings (SSSR count). The van der Waals surface area contributed by atoms with Crippen LogP contribution in [0.3, 0.4) is 0 Å². The highest BCUT2D eigenvalue weighted by atomic mass is 16.6. The molecule has 1 aromatic heterocycles. The summed E-state index contributed by atoms with van der Waals surface area (Å²) in [4.78, 5) is 16.5. The van der Waals surface area contributed by atoms with E-state index in [0.717, 1.165) is 28.3 Å². The lowest BCUT2D eigenvalue weighted by atomic mass is 10.1. The van der Waals surface area contributed by atoms with Crippen molar-refractivity contribution in [2.75, 3.05) is 19.8 Å². The third-order valence-electron chi connectivity index (χ3n) is 5.22. The van der Waals surface area contributed by atoms with Crippen LogP contribution in [0.1, 0.15) is 57.2 Å². The van der Waals surface area contributed by atoms with Crippen LogP contribution >= 0.6 is 0 Å². The third kappa shape index (κ3) is 8.44. The van der Waals surface area contributed by atoms with Gasteiger partial charge in [-0.05, 0) is 70.9 Å². The molecule has 1 amide bonds. The summed E-state index contributed by atoms with van der Waals surface area (Å²) < 4.78 is 22.9. The molecule has 1 heterocycles. The van der Waals surface area contributed by atoms with Crippen LogP contribution in [0.5, 0.6) is 5.75 Å². The van der Waals surface area contributed by atoms with Gasteiger partial charge in [-0.15, -0.1) is 0 Å². The maximum Gasteiger partial charge on any atom is 0.407 e.